The molecule has 2 N–H and O–H groups in total. The molecule has 0 aliphatic heterocycles. The van der Waals surface area contributed by atoms with Crippen molar-refractivity contribution < 1.29 is 4.74 Å². The minimum Gasteiger partial charge on any atom is -0.493 e. The summed E-state index contributed by atoms with van der Waals surface area (Å²) in [6.07, 6.45) is 0.883. The molecule has 0 heterocycles. The van der Waals surface area contributed by atoms with Crippen molar-refractivity contribution in [2.45, 2.75) is 6.42 Å². The second-order valence-corrected chi connectivity index (χ2v) is 4.72. The van der Waals surface area contributed by atoms with Crippen LogP contribution in [0.25, 0.3) is 0 Å². The van der Waals surface area contributed by atoms with E-state index in [0.29, 0.717) is 6.61 Å². The first-order valence-electron chi connectivity index (χ1n) is 5.47. The first-order chi connectivity index (χ1) is 8.24. The highest BCUT2D eigenvalue weighted by Gasteiger charge is 1.97. The molecule has 3 heteroatoms. The lowest BCUT2D eigenvalue weighted by molar-refractivity contribution is 0.322. The molecule has 0 unspecified atom stereocenters. The lowest BCUT2D eigenvalue weighted by atomic mass is 10.2. The molecule has 0 saturated carbocycles. The number of hydrogen-bond donors (Lipinski definition) is 1. The molecule has 2 rings (SSSR count). The maximum Gasteiger partial charge on any atom is 0.121 e. The number of ether oxygens (including phenoxy) is 1. The summed E-state index contributed by atoms with van der Waals surface area (Å²) < 4.78 is 6.73. The SMILES string of the molecule is Nc1cccc(OCCc2cccc(Br)c2)c1. The van der Waals surface area contributed by atoms with Gasteiger partial charge in [0.2, 0.25) is 0 Å². The largest absolute Gasteiger partial charge is 0.493 e. The van der Waals surface area contributed by atoms with E-state index in [2.05, 4.69) is 28.1 Å². The smallest absolute Gasteiger partial charge is 0.121 e. The molecule has 0 saturated heterocycles. The zero-order chi connectivity index (χ0) is 12.1. The van der Waals surface area contributed by atoms with Crippen molar-refractivity contribution in [1.82, 2.24) is 0 Å². The fraction of sp³-hybridized carbons (Fsp3) is 0.143. The summed E-state index contributed by atoms with van der Waals surface area (Å²) in [5.41, 5.74) is 7.65. The number of rotatable bonds is 4. The number of benzene rings is 2. The van der Waals surface area contributed by atoms with Crippen LogP contribution in [-0.2, 0) is 6.42 Å². The maximum atomic E-state index is 5.68. The second kappa shape index (κ2) is 5.73. The molecular formula is C14H14BrNO. The Morgan fingerprint density at radius 2 is 1.88 bits per heavy atom. The maximum absolute atomic E-state index is 5.68. The predicted octanol–water partition coefficient (Wildman–Crippen LogP) is 3.65. The number of nitrogens with two attached hydrogens (primary N) is 1. The molecule has 2 aromatic carbocycles. The quantitative estimate of drug-likeness (QED) is 0.873. The van der Waals surface area contributed by atoms with Crippen molar-refractivity contribution in [2.24, 2.45) is 0 Å². The van der Waals surface area contributed by atoms with Crippen LogP contribution in [0.4, 0.5) is 5.69 Å². The first kappa shape index (κ1) is 12.0. The van der Waals surface area contributed by atoms with E-state index in [0.717, 1.165) is 22.3 Å². The van der Waals surface area contributed by atoms with Gasteiger partial charge in [-0.05, 0) is 29.8 Å². The summed E-state index contributed by atoms with van der Waals surface area (Å²) >= 11 is 3.45. The fourth-order valence-corrected chi connectivity index (χ4v) is 2.03. The van der Waals surface area contributed by atoms with Gasteiger partial charge in [-0.2, -0.15) is 0 Å². The van der Waals surface area contributed by atoms with Crippen molar-refractivity contribution in [3.63, 3.8) is 0 Å². The lowest BCUT2D eigenvalue weighted by Gasteiger charge is -2.07. The van der Waals surface area contributed by atoms with Crippen LogP contribution in [0.5, 0.6) is 5.75 Å². The van der Waals surface area contributed by atoms with Crippen LogP contribution < -0.4 is 10.5 Å². The van der Waals surface area contributed by atoms with Crippen LogP contribution in [0, 0.1) is 0 Å². The van der Waals surface area contributed by atoms with E-state index in [1.54, 1.807) is 0 Å². The Bertz CT molecular complexity index is 454. The van der Waals surface area contributed by atoms with E-state index in [1.165, 1.54) is 5.56 Å². The van der Waals surface area contributed by atoms with Crippen LogP contribution >= 0.6 is 15.9 Å². The summed E-state index contributed by atoms with van der Waals surface area (Å²) in [7, 11) is 0. The Hall–Kier alpha value is -1.48. The van der Waals surface area contributed by atoms with E-state index in [-0.39, 0.29) is 0 Å². The monoisotopic (exact) mass is 291 g/mol. The van der Waals surface area contributed by atoms with Gasteiger partial charge in [0.15, 0.2) is 0 Å². The van der Waals surface area contributed by atoms with Gasteiger partial charge in [0.05, 0.1) is 6.61 Å². The zero-order valence-corrected chi connectivity index (χ0v) is 11.0. The van der Waals surface area contributed by atoms with Gasteiger partial charge in [0.1, 0.15) is 5.75 Å². The third-order valence-corrected chi connectivity index (χ3v) is 2.90. The summed E-state index contributed by atoms with van der Waals surface area (Å²) in [5, 5.41) is 0. The molecule has 2 aromatic rings. The summed E-state index contributed by atoms with van der Waals surface area (Å²) in [6.45, 7) is 0.653. The van der Waals surface area contributed by atoms with Crippen molar-refractivity contribution >= 4 is 21.6 Å². The summed E-state index contributed by atoms with van der Waals surface area (Å²) in [4.78, 5) is 0. The van der Waals surface area contributed by atoms with Crippen LogP contribution in [-0.4, -0.2) is 6.61 Å². The molecule has 17 heavy (non-hydrogen) atoms. The Labute approximate surface area is 110 Å². The van der Waals surface area contributed by atoms with Crippen LogP contribution in [0.3, 0.4) is 0 Å². The van der Waals surface area contributed by atoms with Crippen molar-refractivity contribution in [2.75, 3.05) is 12.3 Å². The highest BCUT2D eigenvalue weighted by molar-refractivity contribution is 9.10. The van der Waals surface area contributed by atoms with Crippen molar-refractivity contribution in [3.05, 3.63) is 58.6 Å². The van der Waals surface area contributed by atoms with Crippen LogP contribution in [0.15, 0.2) is 53.0 Å². The molecule has 0 amide bonds. The average molecular weight is 292 g/mol. The summed E-state index contributed by atoms with van der Waals surface area (Å²) in [6, 6.07) is 15.7. The molecular weight excluding hydrogens is 278 g/mol. The van der Waals surface area contributed by atoms with Gasteiger partial charge in [-0.15, -0.1) is 0 Å². The Balaban J connectivity index is 1.87. The zero-order valence-electron chi connectivity index (χ0n) is 9.40. The average Bonchev–Trinajstić information content (AvgIpc) is 2.29. The highest BCUT2D eigenvalue weighted by Crippen LogP contribution is 2.16. The van der Waals surface area contributed by atoms with Gasteiger partial charge in [-0.25, -0.2) is 0 Å². The van der Waals surface area contributed by atoms with Crippen molar-refractivity contribution in [3.8, 4) is 5.75 Å². The second-order valence-electron chi connectivity index (χ2n) is 3.80. The molecule has 88 valence electrons. The molecule has 0 bridgehead atoms. The van der Waals surface area contributed by atoms with Crippen LogP contribution in [0.2, 0.25) is 0 Å². The number of halogens is 1. The molecule has 0 fully saturated rings. The van der Waals surface area contributed by atoms with Gasteiger partial charge >= 0.3 is 0 Å². The summed E-state index contributed by atoms with van der Waals surface area (Å²) in [5.74, 6) is 0.819. The topological polar surface area (TPSA) is 35.2 Å². The van der Waals surface area contributed by atoms with E-state index >= 15 is 0 Å². The lowest BCUT2D eigenvalue weighted by Crippen LogP contribution is -2.01. The van der Waals surface area contributed by atoms with Crippen molar-refractivity contribution in [1.29, 1.82) is 0 Å². The molecule has 0 aliphatic rings. The molecule has 0 spiro atoms. The molecule has 0 aliphatic carbocycles. The Kier molecular flexibility index (Phi) is 4.04. The van der Waals surface area contributed by atoms with E-state index in [9.17, 15) is 0 Å². The Morgan fingerprint density at radius 3 is 2.65 bits per heavy atom. The molecule has 2 nitrogen and oxygen atoms in total. The third-order valence-electron chi connectivity index (χ3n) is 2.41. The predicted molar refractivity (Wildman–Crippen MR) is 74.2 cm³/mol. The molecule has 0 radical (unpaired) electrons. The Morgan fingerprint density at radius 1 is 1.06 bits per heavy atom. The molecule has 0 atom stereocenters. The number of anilines is 1. The fourth-order valence-electron chi connectivity index (χ4n) is 1.58. The number of hydrogen-bond acceptors (Lipinski definition) is 2. The third kappa shape index (κ3) is 3.79. The molecule has 0 aromatic heterocycles. The first-order valence-corrected chi connectivity index (χ1v) is 6.26. The standard InChI is InChI=1S/C14H14BrNO/c15-12-4-1-3-11(9-12)7-8-17-14-6-2-5-13(16)10-14/h1-6,9-10H,7-8,16H2. The van der Waals surface area contributed by atoms with Gasteiger partial charge in [-0.3, -0.25) is 0 Å². The number of nitrogen functional groups attached to an aromatic ring is 1. The normalized spacial score (nSPS) is 10.2. The minimum absolute atomic E-state index is 0.653. The van der Waals surface area contributed by atoms with Gasteiger partial charge in [0.25, 0.3) is 0 Å². The minimum atomic E-state index is 0.653. The van der Waals surface area contributed by atoms with Gasteiger partial charge in [0, 0.05) is 22.6 Å². The van der Waals surface area contributed by atoms with Gasteiger partial charge < -0.3 is 10.5 Å². The van der Waals surface area contributed by atoms with E-state index in [4.69, 9.17) is 10.5 Å². The van der Waals surface area contributed by atoms with Gasteiger partial charge in [-0.1, -0.05) is 34.1 Å². The van der Waals surface area contributed by atoms with Crippen LogP contribution in [0.1, 0.15) is 5.56 Å². The van der Waals surface area contributed by atoms with E-state index < -0.39 is 0 Å². The highest BCUT2D eigenvalue weighted by atomic mass is 79.9. The van der Waals surface area contributed by atoms with E-state index in [1.807, 2.05) is 36.4 Å².